The normalized spacial score (nSPS) is 13.6. The molecule has 1 aromatic rings. The zero-order valence-electron chi connectivity index (χ0n) is 22.0. The van der Waals surface area contributed by atoms with Crippen LogP contribution in [0.15, 0.2) is 53.8 Å². The zero-order valence-corrected chi connectivity index (χ0v) is 22.0. The van der Waals surface area contributed by atoms with Gasteiger partial charge in [0.1, 0.15) is 6.04 Å². The number of rotatable bonds is 16. The van der Waals surface area contributed by atoms with Crippen molar-refractivity contribution in [1.29, 1.82) is 0 Å². The first-order valence-electron chi connectivity index (χ1n) is 12.7. The van der Waals surface area contributed by atoms with Crippen molar-refractivity contribution in [3.8, 4) is 0 Å². The minimum absolute atomic E-state index is 0.196. The SMILES string of the molecule is CC=CC(NC(=O)C(CCc1ccccc1)NC(=O)C(N)CC(=O)N(CCN)CCN)=C(C)CCC. The summed E-state index contributed by atoms with van der Waals surface area (Å²) in [6, 6.07) is 7.81. The molecule has 0 aliphatic rings. The van der Waals surface area contributed by atoms with Gasteiger partial charge in [0.05, 0.1) is 12.5 Å². The Labute approximate surface area is 215 Å². The number of nitrogens with one attached hydrogen (secondary N) is 2. The lowest BCUT2D eigenvalue weighted by atomic mass is 10.0. The molecule has 0 bridgehead atoms. The second-order valence-corrected chi connectivity index (χ2v) is 8.79. The average Bonchev–Trinajstić information content (AvgIpc) is 2.86. The second-order valence-electron chi connectivity index (χ2n) is 8.79. The highest BCUT2D eigenvalue weighted by atomic mass is 16.2. The van der Waals surface area contributed by atoms with Crippen LogP contribution in [-0.2, 0) is 20.8 Å². The molecule has 0 saturated carbocycles. The van der Waals surface area contributed by atoms with E-state index in [0.29, 0.717) is 25.9 Å². The molecule has 0 saturated heterocycles. The predicted molar refractivity (Wildman–Crippen MR) is 145 cm³/mol. The Balaban J connectivity index is 3.00. The first-order valence-corrected chi connectivity index (χ1v) is 12.7. The molecule has 1 aromatic carbocycles. The molecule has 200 valence electrons. The standard InChI is InChI=1S/C27H44N6O3/c1-4-9-20(3)23(10-5-2)31-27(36)24(14-13-21-11-7-6-8-12-21)32-26(35)22(30)19-25(34)33(17-15-28)18-16-29/h5-8,10-12,22,24H,4,9,13-19,28-30H2,1-3H3,(H,31,36)(H,32,35). The Morgan fingerprint density at radius 3 is 2.25 bits per heavy atom. The number of carbonyl (C=O) groups excluding carboxylic acids is 3. The van der Waals surface area contributed by atoms with E-state index in [0.717, 1.165) is 29.7 Å². The molecule has 0 aliphatic carbocycles. The van der Waals surface area contributed by atoms with E-state index in [2.05, 4.69) is 17.6 Å². The lowest BCUT2D eigenvalue weighted by molar-refractivity contribution is -0.135. The fourth-order valence-corrected chi connectivity index (χ4v) is 3.77. The van der Waals surface area contributed by atoms with Crippen LogP contribution in [0.1, 0.15) is 52.0 Å². The molecule has 8 N–H and O–H groups in total. The van der Waals surface area contributed by atoms with E-state index in [1.807, 2.05) is 56.3 Å². The molecule has 9 heteroatoms. The van der Waals surface area contributed by atoms with Gasteiger partial charge >= 0.3 is 0 Å². The highest BCUT2D eigenvalue weighted by Crippen LogP contribution is 2.12. The van der Waals surface area contributed by atoms with Gasteiger partial charge in [-0.15, -0.1) is 0 Å². The summed E-state index contributed by atoms with van der Waals surface area (Å²) in [4.78, 5) is 40.3. The Morgan fingerprint density at radius 1 is 1.06 bits per heavy atom. The molecule has 0 spiro atoms. The van der Waals surface area contributed by atoms with E-state index in [9.17, 15) is 14.4 Å². The predicted octanol–water partition coefficient (Wildman–Crippen LogP) is 1.33. The molecule has 2 unspecified atom stereocenters. The lowest BCUT2D eigenvalue weighted by Gasteiger charge is -2.24. The number of hydrogen-bond acceptors (Lipinski definition) is 6. The maximum absolute atomic E-state index is 13.3. The van der Waals surface area contributed by atoms with Crippen molar-refractivity contribution in [2.24, 2.45) is 17.2 Å². The largest absolute Gasteiger partial charge is 0.343 e. The first-order chi connectivity index (χ1) is 17.3. The molecule has 0 fully saturated rings. The van der Waals surface area contributed by atoms with Gasteiger partial charge in [-0.3, -0.25) is 14.4 Å². The van der Waals surface area contributed by atoms with Crippen molar-refractivity contribution in [1.82, 2.24) is 15.5 Å². The van der Waals surface area contributed by atoms with Gasteiger partial charge in [0, 0.05) is 31.9 Å². The van der Waals surface area contributed by atoms with E-state index in [1.165, 1.54) is 4.90 Å². The van der Waals surface area contributed by atoms with Crippen molar-refractivity contribution >= 4 is 17.7 Å². The zero-order chi connectivity index (χ0) is 26.9. The van der Waals surface area contributed by atoms with Crippen LogP contribution in [0, 0.1) is 0 Å². The van der Waals surface area contributed by atoms with Crippen molar-refractivity contribution in [2.75, 3.05) is 26.2 Å². The van der Waals surface area contributed by atoms with Crippen LogP contribution in [0.5, 0.6) is 0 Å². The van der Waals surface area contributed by atoms with Gasteiger partial charge in [0.15, 0.2) is 0 Å². The van der Waals surface area contributed by atoms with Gasteiger partial charge in [-0.2, -0.15) is 0 Å². The van der Waals surface area contributed by atoms with Crippen molar-refractivity contribution in [3.05, 3.63) is 59.3 Å². The molecule has 0 aromatic heterocycles. The number of nitrogens with zero attached hydrogens (tertiary/aromatic N) is 1. The Hall–Kier alpha value is -3.01. The lowest BCUT2D eigenvalue weighted by Crippen LogP contribution is -2.53. The van der Waals surface area contributed by atoms with Crippen LogP contribution in [0.3, 0.4) is 0 Å². The molecule has 36 heavy (non-hydrogen) atoms. The van der Waals surface area contributed by atoms with Gasteiger partial charge in [0.2, 0.25) is 17.7 Å². The summed E-state index contributed by atoms with van der Waals surface area (Å²) in [5.41, 5.74) is 20.0. The van der Waals surface area contributed by atoms with Gasteiger partial charge < -0.3 is 32.7 Å². The molecule has 1 rings (SSSR count). The molecule has 9 nitrogen and oxygen atoms in total. The molecule has 0 heterocycles. The third-order valence-corrected chi connectivity index (χ3v) is 5.76. The Morgan fingerprint density at radius 2 is 1.69 bits per heavy atom. The highest BCUT2D eigenvalue weighted by molar-refractivity contribution is 5.93. The maximum atomic E-state index is 13.3. The van der Waals surface area contributed by atoms with Crippen molar-refractivity contribution in [3.63, 3.8) is 0 Å². The maximum Gasteiger partial charge on any atom is 0.246 e. The van der Waals surface area contributed by atoms with Crippen molar-refractivity contribution < 1.29 is 14.4 Å². The third-order valence-electron chi connectivity index (χ3n) is 5.76. The summed E-state index contributed by atoms with van der Waals surface area (Å²) < 4.78 is 0. The van der Waals surface area contributed by atoms with E-state index in [1.54, 1.807) is 0 Å². The molecule has 2 atom stereocenters. The summed E-state index contributed by atoms with van der Waals surface area (Å²) in [6.07, 6.45) is 6.28. The molecule has 0 radical (unpaired) electrons. The monoisotopic (exact) mass is 500 g/mol. The van der Waals surface area contributed by atoms with Gasteiger partial charge in [-0.05, 0) is 50.3 Å². The van der Waals surface area contributed by atoms with E-state index >= 15 is 0 Å². The smallest absolute Gasteiger partial charge is 0.246 e. The summed E-state index contributed by atoms with van der Waals surface area (Å²) in [6.45, 7) is 7.18. The third kappa shape index (κ3) is 11.2. The van der Waals surface area contributed by atoms with E-state index < -0.39 is 18.0 Å². The van der Waals surface area contributed by atoms with Crippen LogP contribution in [-0.4, -0.2) is 60.9 Å². The fourth-order valence-electron chi connectivity index (χ4n) is 3.77. The quantitative estimate of drug-likeness (QED) is 0.216. The fraction of sp³-hybridized carbons (Fsp3) is 0.519. The molecular weight excluding hydrogens is 456 g/mol. The van der Waals surface area contributed by atoms with Crippen LogP contribution in [0.25, 0.3) is 0 Å². The van der Waals surface area contributed by atoms with Gasteiger partial charge in [-0.1, -0.05) is 49.8 Å². The minimum Gasteiger partial charge on any atom is -0.343 e. The van der Waals surface area contributed by atoms with Crippen LogP contribution < -0.4 is 27.8 Å². The summed E-state index contributed by atoms with van der Waals surface area (Å²) in [7, 11) is 0. The second kappa shape index (κ2) is 17.4. The molecule has 0 aliphatic heterocycles. The minimum atomic E-state index is -1.10. The number of benzene rings is 1. The molecule has 3 amide bonds. The number of amides is 3. The highest BCUT2D eigenvalue weighted by Gasteiger charge is 2.26. The Bertz CT molecular complexity index is 879. The summed E-state index contributed by atoms with van der Waals surface area (Å²) in [5.74, 6) is -1.18. The van der Waals surface area contributed by atoms with Crippen molar-refractivity contribution in [2.45, 2.75) is 65.0 Å². The number of aryl methyl sites for hydroxylation is 1. The summed E-state index contributed by atoms with van der Waals surface area (Å²) in [5, 5.41) is 5.74. The van der Waals surface area contributed by atoms with Crippen LogP contribution >= 0.6 is 0 Å². The summed E-state index contributed by atoms with van der Waals surface area (Å²) >= 11 is 0. The van der Waals surface area contributed by atoms with Gasteiger partial charge in [0.25, 0.3) is 0 Å². The first kappa shape index (κ1) is 31.0. The topological polar surface area (TPSA) is 157 Å². The number of nitrogens with two attached hydrogens (primary N) is 3. The molecular formula is C27H44N6O3. The van der Waals surface area contributed by atoms with Crippen LogP contribution in [0.4, 0.5) is 0 Å². The van der Waals surface area contributed by atoms with Crippen LogP contribution in [0.2, 0.25) is 0 Å². The van der Waals surface area contributed by atoms with Gasteiger partial charge in [-0.25, -0.2) is 0 Å². The Kier molecular flexibility index (Phi) is 15.0. The number of hydrogen-bond donors (Lipinski definition) is 5. The average molecular weight is 501 g/mol. The number of allylic oxidation sites excluding steroid dienone is 3. The van der Waals surface area contributed by atoms with E-state index in [4.69, 9.17) is 17.2 Å². The van der Waals surface area contributed by atoms with E-state index in [-0.39, 0.29) is 31.3 Å². The number of carbonyl (C=O) groups is 3.